The van der Waals surface area contributed by atoms with Crippen LogP contribution in [0.1, 0.15) is 62.3 Å². The zero-order chi connectivity index (χ0) is 22.4. The van der Waals surface area contributed by atoms with Crippen LogP contribution in [-0.2, 0) is 12.0 Å². The van der Waals surface area contributed by atoms with Crippen molar-refractivity contribution in [2.75, 3.05) is 13.1 Å². The molecule has 1 aromatic heterocycles. The Hall–Kier alpha value is -2.36. The Kier molecular flexibility index (Phi) is 5.43. The lowest BCUT2D eigenvalue weighted by Gasteiger charge is -2.56. The normalized spacial score (nSPS) is 30.7. The number of fused-ring (bicyclic) bond motifs is 6. The zero-order valence-corrected chi connectivity index (χ0v) is 19.8. The molecule has 2 unspecified atom stereocenters. The maximum Gasteiger partial charge on any atom is 0.0756 e. The van der Waals surface area contributed by atoms with Gasteiger partial charge in [-0.05, 0) is 66.7 Å². The van der Waals surface area contributed by atoms with Gasteiger partial charge in [0.05, 0.1) is 11.6 Å². The van der Waals surface area contributed by atoms with E-state index in [-0.39, 0.29) is 11.6 Å². The van der Waals surface area contributed by atoms with Crippen molar-refractivity contribution in [1.82, 2.24) is 9.88 Å². The number of rotatable bonds is 4. The number of piperidine rings is 1. The molecule has 2 fully saturated rings. The number of hydrogen-bond donors (Lipinski definition) is 2. The van der Waals surface area contributed by atoms with Gasteiger partial charge in [-0.3, -0.25) is 4.90 Å². The average molecular weight is 441 g/mol. The second kappa shape index (κ2) is 8.45. The molecule has 6 rings (SSSR count). The fourth-order valence-corrected chi connectivity index (χ4v) is 7.16. The molecule has 2 N–H and O–H groups in total. The highest BCUT2D eigenvalue weighted by Gasteiger charge is 2.52. The minimum atomic E-state index is -0.313. The molecule has 3 nitrogen and oxygen atoms in total. The Morgan fingerprint density at radius 1 is 1.09 bits per heavy atom. The standard InChI is InChI=1S/C30H36N2O/c1-2-3-14-30-19-23-18-28(33)22(16-21-9-5-4-6-10-21)17-24(23)20-32(30)15-13-26-25-11-7-8-12-27(25)31-29(26)30/h4-12,16,23-24,28,31,33H,2-3,13-15,17-20H2,1H3/b22-16+/t23?,24?,28-,30-/m0/s1. The summed E-state index contributed by atoms with van der Waals surface area (Å²) in [5.41, 5.74) is 6.87. The Labute approximate surface area is 197 Å². The van der Waals surface area contributed by atoms with Gasteiger partial charge < -0.3 is 10.1 Å². The SMILES string of the molecule is CCCC[C@@]12CC3C[C@H](O)/C(=C/c4ccccc4)CC3CN1CCc1c2[nH]c2ccccc12. The van der Waals surface area contributed by atoms with Crippen molar-refractivity contribution in [1.29, 1.82) is 0 Å². The Morgan fingerprint density at radius 2 is 1.91 bits per heavy atom. The second-order valence-corrected chi connectivity index (χ2v) is 10.7. The van der Waals surface area contributed by atoms with Gasteiger partial charge in [0.1, 0.15) is 0 Å². The number of hydrogen-bond acceptors (Lipinski definition) is 2. The van der Waals surface area contributed by atoms with Gasteiger partial charge in [0.2, 0.25) is 0 Å². The van der Waals surface area contributed by atoms with E-state index in [9.17, 15) is 5.11 Å². The maximum atomic E-state index is 11.1. The average Bonchev–Trinajstić information content (AvgIpc) is 3.23. The predicted molar refractivity (Wildman–Crippen MR) is 136 cm³/mol. The molecule has 172 valence electrons. The lowest BCUT2D eigenvalue weighted by Crippen LogP contribution is -2.59. The molecule has 1 saturated heterocycles. The first-order valence-corrected chi connectivity index (χ1v) is 13.0. The monoisotopic (exact) mass is 440 g/mol. The quantitative estimate of drug-likeness (QED) is 0.501. The molecule has 1 aliphatic carbocycles. The summed E-state index contributed by atoms with van der Waals surface area (Å²) in [5, 5.41) is 12.6. The van der Waals surface area contributed by atoms with Gasteiger partial charge in [-0.15, -0.1) is 0 Å². The maximum absolute atomic E-state index is 11.1. The summed E-state index contributed by atoms with van der Waals surface area (Å²) in [7, 11) is 0. The first kappa shape index (κ1) is 21.2. The van der Waals surface area contributed by atoms with Crippen LogP contribution in [0.15, 0.2) is 60.2 Å². The van der Waals surface area contributed by atoms with Crippen LogP contribution in [0, 0.1) is 11.8 Å². The number of nitrogens with one attached hydrogen (secondary N) is 1. The van der Waals surface area contributed by atoms with Crippen LogP contribution in [0.25, 0.3) is 17.0 Å². The number of aromatic amines is 1. The molecule has 1 saturated carbocycles. The molecule has 3 heterocycles. The van der Waals surface area contributed by atoms with Gasteiger partial charge in [0.25, 0.3) is 0 Å². The number of aromatic nitrogens is 1. The third-order valence-electron chi connectivity index (χ3n) is 8.78. The second-order valence-electron chi connectivity index (χ2n) is 10.7. The number of aliphatic hydroxyl groups is 1. The molecule has 0 spiro atoms. The molecule has 2 aliphatic heterocycles. The molecule has 3 heteroatoms. The van der Waals surface area contributed by atoms with Crippen LogP contribution in [0.5, 0.6) is 0 Å². The van der Waals surface area contributed by atoms with E-state index in [0.717, 1.165) is 32.4 Å². The first-order chi connectivity index (χ1) is 16.2. The van der Waals surface area contributed by atoms with Crippen molar-refractivity contribution in [2.45, 2.75) is 63.5 Å². The predicted octanol–water partition coefficient (Wildman–Crippen LogP) is 6.29. The van der Waals surface area contributed by atoms with Crippen LogP contribution in [0.3, 0.4) is 0 Å². The van der Waals surface area contributed by atoms with Crippen LogP contribution >= 0.6 is 0 Å². The highest BCUT2D eigenvalue weighted by atomic mass is 16.3. The van der Waals surface area contributed by atoms with E-state index in [2.05, 4.69) is 77.5 Å². The van der Waals surface area contributed by atoms with E-state index in [1.807, 2.05) is 0 Å². The molecule has 3 aliphatic rings. The topological polar surface area (TPSA) is 39.3 Å². The van der Waals surface area contributed by atoms with Crippen molar-refractivity contribution in [3.63, 3.8) is 0 Å². The lowest BCUT2D eigenvalue weighted by atomic mass is 9.63. The minimum Gasteiger partial charge on any atom is -0.389 e. The van der Waals surface area contributed by atoms with E-state index in [1.165, 1.54) is 53.4 Å². The van der Waals surface area contributed by atoms with Gasteiger partial charge in [0.15, 0.2) is 0 Å². The summed E-state index contributed by atoms with van der Waals surface area (Å²) < 4.78 is 0. The van der Waals surface area contributed by atoms with Crippen LogP contribution in [0.2, 0.25) is 0 Å². The summed E-state index contributed by atoms with van der Waals surface area (Å²) in [6, 6.07) is 19.4. The van der Waals surface area contributed by atoms with Crippen molar-refractivity contribution in [3.05, 3.63) is 77.0 Å². The third-order valence-corrected chi connectivity index (χ3v) is 8.78. The highest BCUT2D eigenvalue weighted by molar-refractivity contribution is 5.85. The number of H-pyrrole nitrogens is 1. The molecule has 0 bridgehead atoms. The largest absolute Gasteiger partial charge is 0.389 e. The summed E-state index contributed by atoms with van der Waals surface area (Å²) in [6.45, 7) is 4.62. The molecule has 33 heavy (non-hydrogen) atoms. The van der Waals surface area contributed by atoms with Crippen molar-refractivity contribution in [2.24, 2.45) is 11.8 Å². The lowest BCUT2D eigenvalue weighted by molar-refractivity contribution is -0.0555. The Bertz CT molecular complexity index is 1160. The number of unbranched alkanes of at least 4 members (excludes halogenated alkanes) is 1. The van der Waals surface area contributed by atoms with E-state index >= 15 is 0 Å². The van der Waals surface area contributed by atoms with Crippen molar-refractivity contribution in [3.8, 4) is 0 Å². The van der Waals surface area contributed by atoms with E-state index in [1.54, 1.807) is 5.56 Å². The van der Waals surface area contributed by atoms with Gasteiger partial charge in [0, 0.05) is 29.7 Å². The molecular weight excluding hydrogens is 404 g/mol. The number of para-hydroxylation sites is 1. The van der Waals surface area contributed by atoms with E-state index in [0.29, 0.717) is 11.8 Å². The molecule has 0 radical (unpaired) electrons. The van der Waals surface area contributed by atoms with Gasteiger partial charge in [-0.1, -0.05) is 74.4 Å². The summed E-state index contributed by atoms with van der Waals surface area (Å²) in [4.78, 5) is 6.73. The zero-order valence-electron chi connectivity index (χ0n) is 19.8. The molecule has 0 amide bonds. The van der Waals surface area contributed by atoms with Crippen LogP contribution in [-0.4, -0.2) is 34.2 Å². The molecule has 3 aromatic rings. The fourth-order valence-electron chi connectivity index (χ4n) is 7.16. The Morgan fingerprint density at radius 3 is 2.76 bits per heavy atom. The first-order valence-electron chi connectivity index (χ1n) is 13.0. The molecule has 2 aromatic carbocycles. The third kappa shape index (κ3) is 3.57. The fraction of sp³-hybridized carbons (Fsp3) is 0.467. The summed E-state index contributed by atoms with van der Waals surface area (Å²) >= 11 is 0. The highest BCUT2D eigenvalue weighted by Crippen LogP contribution is 2.53. The minimum absolute atomic E-state index is 0.101. The smallest absolute Gasteiger partial charge is 0.0756 e. The number of benzene rings is 2. The number of nitrogens with zero attached hydrogens (tertiary/aromatic N) is 1. The van der Waals surface area contributed by atoms with E-state index < -0.39 is 0 Å². The van der Waals surface area contributed by atoms with Gasteiger partial charge >= 0.3 is 0 Å². The van der Waals surface area contributed by atoms with E-state index in [4.69, 9.17) is 0 Å². The van der Waals surface area contributed by atoms with Gasteiger partial charge in [-0.2, -0.15) is 0 Å². The van der Waals surface area contributed by atoms with Crippen molar-refractivity contribution >= 4 is 17.0 Å². The van der Waals surface area contributed by atoms with Gasteiger partial charge in [-0.25, -0.2) is 0 Å². The van der Waals surface area contributed by atoms with Crippen LogP contribution in [0.4, 0.5) is 0 Å². The Balaban J connectivity index is 1.35. The molecule has 4 atom stereocenters. The summed E-state index contributed by atoms with van der Waals surface area (Å²) in [6.07, 6.45) is 9.87. The van der Waals surface area contributed by atoms with Crippen LogP contribution < -0.4 is 0 Å². The molecular formula is C30H36N2O. The van der Waals surface area contributed by atoms with Crippen molar-refractivity contribution < 1.29 is 5.11 Å². The summed E-state index contributed by atoms with van der Waals surface area (Å²) in [5.74, 6) is 1.22. The number of aliphatic hydroxyl groups excluding tert-OH is 1.